The molecule has 176 valence electrons. The van der Waals surface area contributed by atoms with E-state index in [1.807, 2.05) is 6.07 Å². The van der Waals surface area contributed by atoms with Gasteiger partial charge in [0.1, 0.15) is 11.6 Å². The van der Waals surface area contributed by atoms with Crippen molar-refractivity contribution in [2.75, 3.05) is 19.0 Å². The molecule has 1 amide bonds. The van der Waals surface area contributed by atoms with Crippen molar-refractivity contribution in [2.24, 2.45) is 0 Å². The first-order chi connectivity index (χ1) is 16.4. The molecule has 2 aromatic carbocycles. The third kappa shape index (κ3) is 6.97. The Labute approximate surface area is 212 Å². The van der Waals surface area contributed by atoms with Gasteiger partial charge in [0.15, 0.2) is 16.6 Å². The van der Waals surface area contributed by atoms with E-state index in [1.165, 1.54) is 17.4 Å². The minimum Gasteiger partial charge on any atom is -0.493 e. The van der Waals surface area contributed by atoms with Gasteiger partial charge >= 0.3 is 0 Å². The van der Waals surface area contributed by atoms with E-state index in [0.29, 0.717) is 45.3 Å². The van der Waals surface area contributed by atoms with Crippen LogP contribution < -0.4 is 14.8 Å². The topological polar surface area (TPSA) is 84.2 Å². The summed E-state index contributed by atoms with van der Waals surface area (Å²) in [7, 11) is 1.55. The van der Waals surface area contributed by atoms with Crippen LogP contribution in [0.4, 0.5) is 5.13 Å². The molecule has 0 saturated carbocycles. The molecule has 0 aliphatic rings. The Hall–Kier alpha value is -3.05. The SMILES string of the molecule is CCCCOc1ccc(/C=C(\C#N)C(=O)Nc2ncc(Cc3cc(Cl)ccc3Cl)s2)cc1OC. The van der Waals surface area contributed by atoms with E-state index in [1.54, 1.807) is 49.7 Å². The Morgan fingerprint density at radius 1 is 1.24 bits per heavy atom. The number of aromatic nitrogens is 1. The minimum atomic E-state index is -0.550. The van der Waals surface area contributed by atoms with Crippen LogP contribution in [0.15, 0.2) is 48.2 Å². The van der Waals surface area contributed by atoms with Crippen molar-refractivity contribution in [3.8, 4) is 17.6 Å². The molecule has 0 aliphatic carbocycles. The van der Waals surface area contributed by atoms with Gasteiger partial charge in [0.2, 0.25) is 0 Å². The summed E-state index contributed by atoms with van der Waals surface area (Å²) in [6.07, 6.45) is 5.65. The lowest BCUT2D eigenvalue weighted by atomic mass is 10.1. The molecular formula is C25H23Cl2N3O3S. The Bertz CT molecular complexity index is 1230. The normalized spacial score (nSPS) is 11.1. The molecule has 0 aliphatic heterocycles. The fourth-order valence-electron chi connectivity index (χ4n) is 3.01. The lowest BCUT2D eigenvalue weighted by Gasteiger charge is -2.11. The average Bonchev–Trinajstić information content (AvgIpc) is 3.27. The highest BCUT2D eigenvalue weighted by Gasteiger charge is 2.14. The van der Waals surface area contributed by atoms with Crippen LogP contribution in [0.1, 0.15) is 35.8 Å². The standard InChI is InChI=1S/C25H23Cl2N3O3S/c1-3-4-9-33-22-8-5-16(11-23(22)32-2)10-18(14-28)24(31)30-25-29-15-20(34-25)13-17-12-19(26)6-7-21(17)27/h5-8,10-12,15H,3-4,9,13H2,1-2H3,(H,29,30,31)/b18-10+. The molecular weight excluding hydrogens is 493 g/mol. The van der Waals surface area contributed by atoms with Gasteiger partial charge in [-0.25, -0.2) is 4.98 Å². The molecule has 0 atom stereocenters. The number of carbonyl (C=O) groups is 1. The van der Waals surface area contributed by atoms with Crippen LogP contribution in [0.5, 0.6) is 11.5 Å². The summed E-state index contributed by atoms with van der Waals surface area (Å²) in [6, 6.07) is 12.5. The van der Waals surface area contributed by atoms with Gasteiger partial charge in [0.05, 0.1) is 13.7 Å². The molecule has 0 unspecified atom stereocenters. The smallest absolute Gasteiger partial charge is 0.268 e. The first-order valence-electron chi connectivity index (χ1n) is 10.6. The van der Waals surface area contributed by atoms with Crippen LogP contribution in [0.3, 0.4) is 0 Å². The van der Waals surface area contributed by atoms with E-state index >= 15 is 0 Å². The van der Waals surface area contributed by atoms with E-state index in [0.717, 1.165) is 23.3 Å². The summed E-state index contributed by atoms with van der Waals surface area (Å²) in [5, 5.41) is 13.8. The summed E-state index contributed by atoms with van der Waals surface area (Å²) >= 11 is 13.6. The fourth-order valence-corrected chi connectivity index (χ4v) is 4.22. The van der Waals surface area contributed by atoms with Crippen molar-refractivity contribution in [3.63, 3.8) is 0 Å². The maximum atomic E-state index is 12.7. The van der Waals surface area contributed by atoms with E-state index in [9.17, 15) is 10.1 Å². The summed E-state index contributed by atoms with van der Waals surface area (Å²) in [5.41, 5.74) is 1.45. The molecule has 3 rings (SSSR count). The zero-order valence-corrected chi connectivity index (χ0v) is 21.1. The Morgan fingerprint density at radius 2 is 2.06 bits per heavy atom. The number of halogens is 2. The van der Waals surface area contributed by atoms with Crippen LogP contribution in [0, 0.1) is 11.3 Å². The number of rotatable bonds is 10. The Kier molecular flexibility index (Phi) is 9.34. The summed E-state index contributed by atoms with van der Waals surface area (Å²) in [6.45, 7) is 2.68. The number of ether oxygens (including phenoxy) is 2. The fraction of sp³-hybridized carbons (Fsp3) is 0.240. The molecule has 1 N–H and O–H groups in total. The minimum absolute atomic E-state index is 0.0589. The van der Waals surface area contributed by atoms with Gasteiger partial charge in [0.25, 0.3) is 5.91 Å². The first-order valence-corrected chi connectivity index (χ1v) is 12.1. The quantitative estimate of drug-likeness (QED) is 0.183. The third-order valence-corrected chi connectivity index (χ3v) is 6.28. The van der Waals surface area contributed by atoms with E-state index < -0.39 is 5.91 Å². The number of nitriles is 1. The molecule has 1 aromatic heterocycles. The molecule has 9 heteroatoms. The van der Waals surface area contributed by atoms with Crippen LogP contribution >= 0.6 is 34.5 Å². The van der Waals surface area contributed by atoms with Gasteiger partial charge in [0, 0.05) is 27.5 Å². The van der Waals surface area contributed by atoms with Crippen molar-refractivity contribution in [1.29, 1.82) is 5.26 Å². The number of methoxy groups -OCH3 is 1. The lowest BCUT2D eigenvalue weighted by Crippen LogP contribution is -2.13. The number of amides is 1. The number of benzene rings is 2. The maximum absolute atomic E-state index is 12.7. The second kappa shape index (κ2) is 12.4. The van der Waals surface area contributed by atoms with Crippen molar-refractivity contribution < 1.29 is 14.3 Å². The highest BCUT2D eigenvalue weighted by atomic mass is 35.5. The number of hydrogen-bond donors (Lipinski definition) is 1. The lowest BCUT2D eigenvalue weighted by molar-refractivity contribution is -0.112. The highest BCUT2D eigenvalue weighted by molar-refractivity contribution is 7.15. The number of hydrogen-bond acceptors (Lipinski definition) is 6. The van der Waals surface area contributed by atoms with Crippen molar-refractivity contribution >= 4 is 51.7 Å². The van der Waals surface area contributed by atoms with Crippen LogP contribution in [0.25, 0.3) is 6.08 Å². The zero-order chi connectivity index (χ0) is 24.5. The predicted molar refractivity (Wildman–Crippen MR) is 137 cm³/mol. The van der Waals surface area contributed by atoms with Gasteiger partial charge in [-0.3, -0.25) is 10.1 Å². The summed E-state index contributed by atoms with van der Waals surface area (Å²) in [4.78, 5) is 17.8. The molecule has 3 aromatic rings. The summed E-state index contributed by atoms with van der Waals surface area (Å²) < 4.78 is 11.1. The van der Waals surface area contributed by atoms with Crippen LogP contribution in [-0.4, -0.2) is 24.6 Å². The van der Waals surface area contributed by atoms with Gasteiger partial charge < -0.3 is 9.47 Å². The number of nitrogens with one attached hydrogen (secondary N) is 1. The molecule has 0 radical (unpaired) electrons. The molecule has 0 fully saturated rings. The van der Waals surface area contributed by atoms with Gasteiger partial charge in [-0.1, -0.05) is 42.6 Å². The molecule has 0 bridgehead atoms. The molecule has 1 heterocycles. The monoisotopic (exact) mass is 515 g/mol. The molecule has 6 nitrogen and oxygen atoms in total. The summed E-state index contributed by atoms with van der Waals surface area (Å²) in [5.74, 6) is 0.601. The van der Waals surface area contributed by atoms with Crippen LogP contribution in [0.2, 0.25) is 10.0 Å². The number of carbonyl (C=O) groups excluding carboxylic acids is 1. The van der Waals surface area contributed by atoms with Crippen LogP contribution in [-0.2, 0) is 11.2 Å². The van der Waals surface area contributed by atoms with E-state index in [-0.39, 0.29) is 5.57 Å². The Balaban J connectivity index is 1.70. The second-order valence-corrected chi connectivity index (χ2v) is 9.24. The van der Waals surface area contributed by atoms with Gasteiger partial charge in [-0.15, -0.1) is 11.3 Å². The van der Waals surface area contributed by atoms with E-state index in [2.05, 4.69) is 17.2 Å². The number of thiazole rings is 1. The number of nitrogens with zero attached hydrogens (tertiary/aromatic N) is 2. The van der Waals surface area contributed by atoms with E-state index in [4.69, 9.17) is 32.7 Å². The van der Waals surface area contributed by atoms with Gasteiger partial charge in [-0.2, -0.15) is 5.26 Å². The molecule has 0 spiro atoms. The third-order valence-electron chi connectivity index (χ3n) is 4.77. The zero-order valence-electron chi connectivity index (χ0n) is 18.7. The Morgan fingerprint density at radius 3 is 2.79 bits per heavy atom. The van der Waals surface area contributed by atoms with Crippen molar-refractivity contribution in [3.05, 3.63) is 74.2 Å². The first kappa shape index (κ1) is 25.6. The number of unbranched alkanes of at least 4 members (excludes halogenated alkanes) is 1. The highest BCUT2D eigenvalue weighted by Crippen LogP contribution is 2.30. The largest absolute Gasteiger partial charge is 0.493 e. The van der Waals surface area contributed by atoms with Crippen molar-refractivity contribution in [2.45, 2.75) is 26.2 Å². The predicted octanol–water partition coefficient (Wildman–Crippen LogP) is 6.77. The average molecular weight is 516 g/mol. The molecule has 0 saturated heterocycles. The number of anilines is 1. The van der Waals surface area contributed by atoms with Crippen molar-refractivity contribution in [1.82, 2.24) is 4.98 Å². The second-order valence-electron chi connectivity index (χ2n) is 7.28. The maximum Gasteiger partial charge on any atom is 0.268 e. The van der Waals surface area contributed by atoms with Gasteiger partial charge in [-0.05, 0) is 54.0 Å². The molecule has 34 heavy (non-hydrogen) atoms.